The lowest BCUT2D eigenvalue weighted by molar-refractivity contribution is -0.152. The first-order valence-corrected chi connectivity index (χ1v) is 7.77. The molecule has 2 amide bonds. The van der Waals surface area contributed by atoms with Crippen molar-refractivity contribution in [2.45, 2.75) is 37.9 Å². The molecule has 2 aliphatic rings. The van der Waals surface area contributed by atoms with E-state index in [4.69, 9.17) is 0 Å². The van der Waals surface area contributed by atoms with Gasteiger partial charge in [0, 0.05) is 25.3 Å². The molecule has 1 atom stereocenters. The molecule has 0 N–H and O–H groups in total. The van der Waals surface area contributed by atoms with Gasteiger partial charge in [-0.2, -0.15) is 13.2 Å². The van der Waals surface area contributed by atoms with E-state index in [2.05, 4.69) is 0 Å². The molecule has 0 radical (unpaired) electrons. The summed E-state index contributed by atoms with van der Waals surface area (Å²) >= 11 is 1.42. The molecule has 0 aromatic heterocycles. The molecule has 0 spiro atoms. The quantitative estimate of drug-likeness (QED) is 0.799. The Balaban J connectivity index is 1.92. The lowest BCUT2D eigenvalue weighted by atomic mass is 10.2. The van der Waals surface area contributed by atoms with Gasteiger partial charge in [-0.15, -0.1) is 11.8 Å². The summed E-state index contributed by atoms with van der Waals surface area (Å²) in [5.74, 6) is 0.0892. The van der Waals surface area contributed by atoms with Gasteiger partial charge in [0.15, 0.2) is 0 Å². The number of thioether (sulfide) groups is 1. The van der Waals surface area contributed by atoms with E-state index in [9.17, 15) is 22.8 Å². The van der Waals surface area contributed by atoms with E-state index in [-0.39, 0.29) is 5.91 Å². The minimum Gasteiger partial charge on any atom is -0.341 e. The van der Waals surface area contributed by atoms with Gasteiger partial charge in [-0.05, 0) is 12.8 Å². The Morgan fingerprint density at radius 2 is 1.85 bits per heavy atom. The minimum absolute atomic E-state index is 0.118. The Morgan fingerprint density at radius 1 is 1.20 bits per heavy atom. The van der Waals surface area contributed by atoms with Gasteiger partial charge < -0.3 is 9.80 Å². The number of carbonyl (C=O) groups is 2. The Kier molecular flexibility index (Phi) is 4.82. The average Bonchev–Trinajstić information content (AvgIpc) is 3.04. The van der Waals surface area contributed by atoms with Crippen LogP contribution in [-0.4, -0.2) is 58.6 Å². The highest BCUT2D eigenvalue weighted by atomic mass is 32.2. The normalized spacial score (nSPS) is 23.4. The van der Waals surface area contributed by atoms with E-state index in [1.165, 1.54) is 16.7 Å². The number of amides is 2. The van der Waals surface area contributed by atoms with E-state index >= 15 is 0 Å². The maximum Gasteiger partial charge on any atom is 0.389 e. The van der Waals surface area contributed by atoms with Crippen LogP contribution in [0.25, 0.3) is 0 Å². The number of hydrogen-bond acceptors (Lipinski definition) is 3. The SMILES string of the molecule is O=C([C@@H]1CSCN1C(=O)CCC(F)(F)F)N1CCCC1. The summed E-state index contributed by atoms with van der Waals surface area (Å²) in [4.78, 5) is 27.1. The first-order valence-electron chi connectivity index (χ1n) is 6.61. The largest absolute Gasteiger partial charge is 0.389 e. The number of likely N-dealkylation sites (tertiary alicyclic amines) is 1. The predicted octanol–water partition coefficient (Wildman–Crippen LogP) is 1.85. The van der Waals surface area contributed by atoms with Gasteiger partial charge in [-0.3, -0.25) is 9.59 Å². The molecule has 4 nitrogen and oxygen atoms in total. The molecule has 2 fully saturated rings. The molecule has 8 heteroatoms. The van der Waals surface area contributed by atoms with E-state index in [0.717, 1.165) is 12.8 Å². The third kappa shape index (κ3) is 3.80. The van der Waals surface area contributed by atoms with Crippen LogP contribution in [0.15, 0.2) is 0 Å². The molecule has 114 valence electrons. The molecule has 2 rings (SSSR count). The lowest BCUT2D eigenvalue weighted by Gasteiger charge is -2.27. The van der Waals surface area contributed by atoms with Crippen molar-refractivity contribution in [3.8, 4) is 0 Å². The lowest BCUT2D eigenvalue weighted by Crippen LogP contribution is -2.48. The summed E-state index contributed by atoms with van der Waals surface area (Å²) in [5, 5.41) is 0. The molecular weight excluding hydrogens is 293 g/mol. The summed E-state index contributed by atoms with van der Waals surface area (Å²) in [5.41, 5.74) is 0. The first kappa shape index (κ1) is 15.5. The second kappa shape index (κ2) is 6.24. The molecule has 20 heavy (non-hydrogen) atoms. The zero-order valence-electron chi connectivity index (χ0n) is 11.0. The minimum atomic E-state index is -4.34. The molecule has 0 bridgehead atoms. The van der Waals surface area contributed by atoms with E-state index < -0.39 is 31.0 Å². The highest BCUT2D eigenvalue weighted by Gasteiger charge is 2.38. The second-order valence-electron chi connectivity index (χ2n) is 5.03. The van der Waals surface area contributed by atoms with Crippen molar-refractivity contribution >= 4 is 23.6 Å². The fourth-order valence-electron chi connectivity index (χ4n) is 2.43. The molecule has 0 unspecified atom stereocenters. The van der Waals surface area contributed by atoms with Gasteiger partial charge in [0.1, 0.15) is 6.04 Å². The number of rotatable bonds is 3. The van der Waals surface area contributed by atoms with Gasteiger partial charge in [0.2, 0.25) is 11.8 Å². The van der Waals surface area contributed by atoms with Crippen LogP contribution in [-0.2, 0) is 9.59 Å². The molecule has 0 aromatic rings. The number of alkyl halides is 3. The van der Waals surface area contributed by atoms with Gasteiger partial charge in [-0.1, -0.05) is 0 Å². The van der Waals surface area contributed by atoms with Gasteiger partial charge in [0.25, 0.3) is 0 Å². The Labute approximate surface area is 119 Å². The highest BCUT2D eigenvalue weighted by Crippen LogP contribution is 2.27. The van der Waals surface area contributed by atoms with Crippen LogP contribution in [0.3, 0.4) is 0 Å². The maximum absolute atomic E-state index is 12.3. The van der Waals surface area contributed by atoms with Crippen LogP contribution in [0, 0.1) is 0 Å². The second-order valence-corrected chi connectivity index (χ2v) is 6.03. The van der Waals surface area contributed by atoms with Crippen LogP contribution >= 0.6 is 11.8 Å². The first-order chi connectivity index (χ1) is 9.38. The summed E-state index contributed by atoms with van der Waals surface area (Å²) in [6.07, 6.45) is -4.14. The van der Waals surface area contributed by atoms with Gasteiger partial charge in [-0.25, -0.2) is 0 Å². The van der Waals surface area contributed by atoms with Crippen molar-refractivity contribution in [3.63, 3.8) is 0 Å². The van der Waals surface area contributed by atoms with Crippen molar-refractivity contribution in [3.05, 3.63) is 0 Å². The van der Waals surface area contributed by atoms with Crippen LogP contribution in [0.1, 0.15) is 25.7 Å². The summed E-state index contributed by atoms with van der Waals surface area (Å²) in [6.45, 7) is 1.37. The average molecular weight is 310 g/mol. The van der Waals surface area contributed by atoms with Crippen molar-refractivity contribution < 1.29 is 22.8 Å². The van der Waals surface area contributed by atoms with Crippen LogP contribution < -0.4 is 0 Å². The molecule has 2 aliphatic heterocycles. The zero-order valence-corrected chi connectivity index (χ0v) is 11.8. The van der Waals surface area contributed by atoms with E-state index in [0.29, 0.717) is 24.7 Å². The third-order valence-corrected chi connectivity index (χ3v) is 4.54. The predicted molar refractivity (Wildman–Crippen MR) is 69.1 cm³/mol. The van der Waals surface area contributed by atoms with Crippen LogP contribution in [0.2, 0.25) is 0 Å². The van der Waals surface area contributed by atoms with Crippen molar-refractivity contribution in [2.24, 2.45) is 0 Å². The number of carbonyl (C=O) groups excluding carboxylic acids is 2. The van der Waals surface area contributed by atoms with Crippen molar-refractivity contribution in [1.82, 2.24) is 9.80 Å². The number of halogens is 3. The molecule has 2 heterocycles. The summed E-state index contributed by atoms with van der Waals surface area (Å²) in [7, 11) is 0. The molecule has 0 aromatic carbocycles. The molecule has 0 aliphatic carbocycles. The monoisotopic (exact) mass is 310 g/mol. The van der Waals surface area contributed by atoms with E-state index in [1.54, 1.807) is 4.90 Å². The fourth-order valence-corrected chi connectivity index (χ4v) is 3.61. The summed E-state index contributed by atoms with van der Waals surface area (Å²) in [6, 6.07) is -0.584. The Bertz CT molecular complexity index is 383. The Morgan fingerprint density at radius 3 is 2.45 bits per heavy atom. The van der Waals surface area contributed by atoms with E-state index in [1.807, 2.05) is 0 Å². The number of hydrogen-bond donors (Lipinski definition) is 0. The standard InChI is InChI=1S/C12H17F3N2O2S/c13-12(14,15)4-3-10(18)17-8-20-7-9(17)11(19)16-5-1-2-6-16/h9H,1-8H2/t9-/m0/s1. The molecule has 0 saturated carbocycles. The third-order valence-electron chi connectivity index (χ3n) is 3.53. The van der Waals surface area contributed by atoms with Crippen LogP contribution in [0.5, 0.6) is 0 Å². The van der Waals surface area contributed by atoms with Crippen molar-refractivity contribution in [2.75, 3.05) is 24.7 Å². The highest BCUT2D eigenvalue weighted by molar-refractivity contribution is 7.99. The fraction of sp³-hybridized carbons (Fsp3) is 0.833. The van der Waals surface area contributed by atoms with Gasteiger partial charge in [0.05, 0.1) is 12.3 Å². The summed E-state index contributed by atoms with van der Waals surface area (Å²) < 4.78 is 36.5. The molecule has 2 saturated heterocycles. The maximum atomic E-state index is 12.3. The van der Waals surface area contributed by atoms with Crippen molar-refractivity contribution in [1.29, 1.82) is 0 Å². The number of nitrogens with zero attached hydrogens (tertiary/aromatic N) is 2. The zero-order chi connectivity index (χ0) is 14.8. The van der Waals surface area contributed by atoms with Gasteiger partial charge >= 0.3 is 6.18 Å². The Hall–Kier alpha value is -0.920. The molecular formula is C12H17F3N2O2S. The van der Waals surface area contributed by atoms with Crippen LogP contribution in [0.4, 0.5) is 13.2 Å². The smallest absolute Gasteiger partial charge is 0.341 e. The topological polar surface area (TPSA) is 40.6 Å².